The van der Waals surface area contributed by atoms with Crippen molar-refractivity contribution in [2.45, 2.75) is 26.2 Å². The Balaban J connectivity index is 2.84. The molecule has 0 aliphatic carbocycles. The molecule has 17 heavy (non-hydrogen) atoms. The number of halogens is 2. The summed E-state index contributed by atoms with van der Waals surface area (Å²) in [5, 5.41) is 11.3. The maximum absolute atomic E-state index is 13.5. The van der Waals surface area contributed by atoms with Gasteiger partial charge in [0.05, 0.1) is 5.02 Å². The molecule has 0 radical (unpaired) electrons. The van der Waals surface area contributed by atoms with Gasteiger partial charge in [-0.3, -0.25) is 0 Å². The normalized spacial score (nSPS) is 12.9. The van der Waals surface area contributed by atoms with E-state index in [0.717, 1.165) is 17.4 Å². The lowest BCUT2D eigenvalue weighted by Crippen LogP contribution is -1.94. The van der Waals surface area contributed by atoms with Gasteiger partial charge in [0.25, 0.3) is 0 Å². The van der Waals surface area contributed by atoms with E-state index in [1.165, 1.54) is 6.07 Å². The minimum absolute atomic E-state index is 0.137. The molecule has 0 saturated carbocycles. The van der Waals surface area contributed by atoms with Gasteiger partial charge in [0, 0.05) is 5.39 Å². The second-order valence-electron chi connectivity index (χ2n) is 4.30. The smallest absolute Gasteiger partial charge is 0.142 e. The zero-order chi connectivity index (χ0) is 12.6. The first-order valence-electron chi connectivity index (χ1n) is 5.65. The van der Waals surface area contributed by atoms with E-state index in [4.69, 9.17) is 11.6 Å². The molecule has 2 aromatic carbocycles. The highest BCUT2D eigenvalue weighted by Gasteiger charge is 2.14. The van der Waals surface area contributed by atoms with Gasteiger partial charge in [-0.1, -0.05) is 31.5 Å². The molecule has 0 aromatic heterocycles. The SMILES string of the molecule is CCC(C)c1cc(O)cc2ccc(F)c(Cl)c12. The minimum Gasteiger partial charge on any atom is -0.508 e. The van der Waals surface area contributed by atoms with Gasteiger partial charge in [0.2, 0.25) is 0 Å². The van der Waals surface area contributed by atoms with Crippen molar-refractivity contribution in [3.05, 3.63) is 40.7 Å². The van der Waals surface area contributed by atoms with E-state index in [-0.39, 0.29) is 16.7 Å². The van der Waals surface area contributed by atoms with Gasteiger partial charge in [-0.05, 0) is 41.5 Å². The lowest BCUT2D eigenvalue weighted by molar-refractivity contribution is 0.474. The molecule has 2 aromatic rings. The highest BCUT2D eigenvalue weighted by atomic mass is 35.5. The summed E-state index contributed by atoms with van der Waals surface area (Å²) in [5.41, 5.74) is 0.895. The molecule has 1 N–H and O–H groups in total. The Kier molecular flexibility index (Phi) is 3.25. The van der Waals surface area contributed by atoms with Crippen LogP contribution in [0.15, 0.2) is 24.3 Å². The third kappa shape index (κ3) is 2.09. The Morgan fingerprint density at radius 3 is 2.71 bits per heavy atom. The number of benzene rings is 2. The number of hydrogen-bond acceptors (Lipinski definition) is 1. The van der Waals surface area contributed by atoms with Gasteiger partial charge in [0.15, 0.2) is 0 Å². The van der Waals surface area contributed by atoms with Crippen LogP contribution in [0.1, 0.15) is 31.7 Å². The second kappa shape index (κ2) is 4.53. The van der Waals surface area contributed by atoms with Crippen LogP contribution in [0.5, 0.6) is 5.75 Å². The monoisotopic (exact) mass is 252 g/mol. The maximum Gasteiger partial charge on any atom is 0.142 e. The fourth-order valence-electron chi connectivity index (χ4n) is 2.02. The second-order valence-corrected chi connectivity index (χ2v) is 4.68. The molecule has 0 amide bonds. The summed E-state index contributed by atoms with van der Waals surface area (Å²) in [7, 11) is 0. The van der Waals surface area contributed by atoms with Gasteiger partial charge in [0.1, 0.15) is 11.6 Å². The lowest BCUT2D eigenvalue weighted by atomic mass is 9.92. The molecule has 0 aliphatic heterocycles. The van der Waals surface area contributed by atoms with Crippen molar-refractivity contribution in [3.63, 3.8) is 0 Å². The fraction of sp³-hybridized carbons (Fsp3) is 0.286. The summed E-state index contributed by atoms with van der Waals surface area (Å²) in [6.45, 7) is 4.09. The lowest BCUT2D eigenvalue weighted by Gasteiger charge is -2.14. The van der Waals surface area contributed by atoms with Gasteiger partial charge < -0.3 is 5.11 Å². The van der Waals surface area contributed by atoms with Gasteiger partial charge in [-0.2, -0.15) is 0 Å². The molecular weight excluding hydrogens is 239 g/mol. The quantitative estimate of drug-likeness (QED) is 0.810. The average molecular weight is 253 g/mol. The van der Waals surface area contributed by atoms with Crippen molar-refractivity contribution in [2.24, 2.45) is 0 Å². The molecule has 1 atom stereocenters. The van der Waals surface area contributed by atoms with Crippen molar-refractivity contribution in [1.29, 1.82) is 0 Å². The Morgan fingerprint density at radius 1 is 1.35 bits per heavy atom. The first-order chi connectivity index (χ1) is 8.04. The van der Waals surface area contributed by atoms with E-state index < -0.39 is 5.82 Å². The highest BCUT2D eigenvalue weighted by Crippen LogP contribution is 2.36. The van der Waals surface area contributed by atoms with Gasteiger partial charge >= 0.3 is 0 Å². The molecule has 0 aliphatic rings. The largest absolute Gasteiger partial charge is 0.508 e. The zero-order valence-electron chi connectivity index (χ0n) is 9.80. The maximum atomic E-state index is 13.5. The predicted octanol–water partition coefficient (Wildman–Crippen LogP) is 4.85. The van der Waals surface area contributed by atoms with Crippen LogP contribution in [-0.2, 0) is 0 Å². The molecule has 0 heterocycles. The van der Waals surface area contributed by atoms with Crippen molar-refractivity contribution in [3.8, 4) is 5.75 Å². The molecule has 0 spiro atoms. The van der Waals surface area contributed by atoms with Crippen molar-refractivity contribution >= 4 is 22.4 Å². The summed E-state index contributed by atoms with van der Waals surface area (Å²) >= 11 is 6.03. The summed E-state index contributed by atoms with van der Waals surface area (Å²) in [4.78, 5) is 0. The Labute approximate surface area is 105 Å². The van der Waals surface area contributed by atoms with Crippen molar-refractivity contribution in [2.75, 3.05) is 0 Å². The van der Waals surface area contributed by atoms with Crippen molar-refractivity contribution in [1.82, 2.24) is 0 Å². The summed E-state index contributed by atoms with van der Waals surface area (Å²) in [6, 6.07) is 6.24. The van der Waals surface area contributed by atoms with Crippen molar-refractivity contribution < 1.29 is 9.50 Å². The summed E-state index contributed by atoms with van der Waals surface area (Å²) in [5.74, 6) is -0.00576. The summed E-state index contributed by atoms with van der Waals surface area (Å²) in [6.07, 6.45) is 0.908. The number of hydrogen-bond donors (Lipinski definition) is 1. The van der Waals surface area contributed by atoms with Crippen LogP contribution in [0, 0.1) is 5.82 Å². The van der Waals surface area contributed by atoms with Crippen LogP contribution in [0.3, 0.4) is 0 Å². The Hall–Kier alpha value is -1.28. The summed E-state index contributed by atoms with van der Waals surface area (Å²) < 4.78 is 13.5. The Morgan fingerprint density at radius 2 is 2.06 bits per heavy atom. The van der Waals surface area contributed by atoms with E-state index in [2.05, 4.69) is 0 Å². The third-order valence-corrected chi connectivity index (χ3v) is 3.54. The van der Waals surface area contributed by atoms with Crippen LogP contribution >= 0.6 is 11.6 Å². The molecule has 2 rings (SSSR count). The molecule has 1 unspecified atom stereocenters. The van der Waals surface area contributed by atoms with Crippen LogP contribution in [0.4, 0.5) is 4.39 Å². The standard InChI is InChI=1S/C14H14ClFO/c1-3-8(2)11-7-10(17)6-9-4-5-12(16)14(15)13(9)11/h4-8,17H,3H2,1-2H3. The molecular formula is C14H14ClFO. The van der Waals surface area contributed by atoms with Crippen LogP contribution in [0.2, 0.25) is 5.02 Å². The number of rotatable bonds is 2. The molecule has 3 heteroatoms. The van der Waals surface area contributed by atoms with E-state index in [1.807, 2.05) is 13.8 Å². The highest BCUT2D eigenvalue weighted by molar-refractivity contribution is 6.36. The first kappa shape index (κ1) is 12.2. The molecule has 0 saturated heterocycles. The van der Waals surface area contributed by atoms with E-state index >= 15 is 0 Å². The number of fused-ring (bicyclic) bond motifs is 1. The number of aromatic hydroxyl groups is 1. The number of phenols is 1. The topological polar surface area (TPSA) is 20.2 Å². The number of phenolic OH excluding ortho intramolecular Hbond substituents is 1. The average Bonchev–Trinajstić information content (AvgIpc) is 2.32. The van der Waals surface area contributed by atoms with E-state index in [0.29, 0.717) is 5.39 Å². The third-order valence-electron chi connectivity index (χ3n) is 3.17. The van der Waals surface area contributed by atoms with E-state index in [1.54, 1.807) is 18.2 Å². The van der Waals surface area contributed by atoms with Gasteiger partial charge in [-0.25, -0.2) is 4.39 Å². The first-order valence-corrected chi connectivity index (χ1v) is 6.03. The molecule has 0 fully saturated rings. The van der Waals surface area contributed by atoms with Crippen LogP contribution < -0.4 is 0 Å². The fourth-order valence-corrected chi connectivity index (χ4v) is 2.30. The molecule has 0 bridgehead atoms. The molecule has 90 valence electrons. The van der Waals surface area contributed by atoms with Gasteiger partial charge in [-0.15, -0.1) is 0 Å². The Bertz CT molecular complexity index is 566. The van der Waals surface area contributed by atoms with Crippen LogP contribution in [-0.4, -0.2) is 5.11 Å². The van der Waals surface area contributed by atoms with Crippen LogP contribution in [0.25, 0.3) is 10.8 Å². The zero-order valence-corrected chi connectivity index (χ0v) is 10.6. The predicted molar refractivity (Wildman–Crippen MR) is 69.3 cm³/mol. The van der Waals surface area contributed by atoms with E-state index in [9.17, 15) is 9.50 Å². The minimum atomic E-state index is -0.422. The molecule has 1 nitrogen and oxygen atoms in total.